The van der Waals surface area contributed by atoms with Gasteiger partial charge in [-0.05, 0) is 73.6 Å². The molecule has 28 nitrogen and oxygen atoms in total. The number of anilines is 2. The highest BCUT2D eigenvalue weighted by atomic mass is 32.2. The van der Waals surface area contributed by atoms with E-state index in [4.69, 9.17) is 21.4 Å². The molecule has 0 radical (unpaired) electrons. The van der Waals surface area contributed by atoms with E-state index in [2.05, 4.69) is 52.4 Å². The maximum atomic E-state index is 14.0. The summed E-state index contributed by atoms with van der Waals surface area (Å²) in [6.07, 6.45) is 3.42. The molecule has 2 heterocycles. The Morgan fingerprint density at radius 3 is 2.25 bits per heavy atom. The molecule has 29 heteroatoms. The SMILES string of the molecule is CC(=O)O.CC(C)[C@H]1NC(=O)c2cc(cc(NC(=O)CCCCCNC(=O)c3ccc(N/N=C/c4ccccc4S(=O)(=O)[O-])nc3)c2)CNC(=O)[C@H](CC(=O)O)NC(=O)CNC(=O)[C@H](CCCN=C(N)N)N(C)C1=O.[NH4+]. The van der Waals surface area contributed by atoms with Crippen molar-refractivity contribution in [2.75, 3.05) is 37.4 Å². The first-order valence-electron chi connectivity index (χ1n) is 23.3. The van der Waals surface area contributed by atoms with Gasteiger partial charge in [-0.1, -0.05) is 38.5 Å². The molecule has 2 bridgehead atoms. The first-order valence-corrected chi connectivity index (χ1v) is 24.7. The maximum Gasteiger partial charge on any atom is 0.305 e. The van der Waals surface area contributed by atoms with Crippen molar-refractivity contribution in [3.05, 3.63) is 83.0 Å². The lowest BCUT2D eigenvalue weighted by Crippen LogP contribution is -2.57. The molecule has 0 spiro atoms. The van der Waals surface area contributed by atoms with E-state index in [9.17, 15) is 56.4 Å². The van der Waals surface area contributed by atoms with Crippen molar-refractivity contribution < 1.29 is 66.3 Å². The van der Waals surface area contributed by atoms with Gasteiger partial charge in [0.2, 0.25) is 29.5 Å². The average molecular weight is 1080 g/mol. The van der Waals surface area contributed by atoms with E-state index in [1.165, 1.54) is 61.8 Å². The summed E-state index contributed by atoms with van der Waals surface area (Å²) in [6.45, 7) is 3.90. The van der Waals surface area contributed by atoms with Crippen LogP contribution in [0.4, 0.5) is 11.5 Å². The minimum atomic E-state index is -4.71. The van der Waals surface area contributed by atoms with Gasteiger partial charge in [0.1, 0.15) is 34.1 Å². The molecular formula is C47H66N14O14S. The number of nitrogens with one attached hydrogen (secondary N) is 7. The molecule has 1 aliphatic rings. The van der Waals surface area contributed by atoms with Crippen LogP contribution in [0.1, 0.15) is 97.6 Å². The van der Waals surface area contributed by atoms with Crippen molar-refractivity contribution in [1.29, 1.82) is 0 Å². The number of aliphatic carboxylic acids is 2. The smallest absolute Gasteiger partial charge is 0.305 e. The van der Waals surface area contributed by atoms with Crippen LogP contribution in [0.15, 0.2) is 75.8 Å². The molecule has 1 aromatic heterocycles. The number of rotatable bonds is 19. The third kappa shape index (κ3) is 22.3. The molecule has 0 fully saturated rings. The highest BCUT2D eigenvalue weighted by molar-refractivity contribution is 7.85. The number of hydrogen-bond acceptors (Lipinski definition) is 16. The monoisotopic (exact) mass is 1080 g/mol. The number of amides is 7. The second-order valence-corrected chi connectivity index (χ2v) is 18.5. The Morgan fingerprint density at radius 2 is 1.62 bits per heavy atom. The molecule has 0 unspecified atom stereocenters. The van der Waals surface area contributed by atoms with Crippen molar-refractivity contribution in [3.8, 4) is 0 Å². The van der Waals surface area contributed by atoms with E-state index in [-0.39, 0.29) is 79.2 Å². The summed E-state index contributed by atoms with van der Waals surface area (Å²) in [4.78, 5) is 123. The molecule has 0 saturated carbocycles. The number of aromatic nitrogens is 1. The molecule has 7 amide bonds. The number of hydrogen-bond donors (Lipinski definition) is 12. The highest BCUT2D eigenvalue weighted by Gasteiger charge is 2.34. The second-order valence-electron chi connectivity index (χ2n) is 17.1. The maximum absolute atomic E-state index is 14.0. The van der Waals surface area contributed by atoms with E-state index >= 15 is 0 Å². The highest BCUT2D eigenvalue weighted by Crippen LogP contribution is 2.19. The Hall–Kier alpha value is -8.57. The summed E-state index contributed by atoms with van der Waals surface area (Å²) in [5.41, 5.74) is 14.2. The van der Waals surface area contributed by atoms with E-state index in [1.807, 2.05) is 0 Å². The number of nitrogens with zero attached hydrogens (tertiary/aromatic N) is 4. The number of nitrogens with two attached hydrogens (primary N) is 2. The molecule has 76 heavy (non-hydrogen) atoms. The number of hydrazone groups is 1. The summed E-state index contributed by atoms with van der Waals surface area (Å²) in [6, 6.07) is 8.87. The number of fused-ring (bicyclic) bond motifs is 2. The molecule has 2 aromatic carbocycles. The van der Waals surface area contributed by atoms with Crippen molar-refractivity contribution >= 4 is 87.1 Å². The molecule has 3 aromatic rings. The zero-order chi connectivity index (χ0) is 55.8. The first-order chi connectivity index (χ1) is 35.4. The lowest BCUT2D eigenvalue weighted by molar-refractivity contribution is -0.142. The predicted octanol–water partition coefficient (Wildman–Crippen LogP) is 0.168. The molecular weight excluding hydrogens is 1020 g/mol. The molecule has 0 aliphatic carbocycles. The van der Waals surface area contributed by atoms with Gasteiger partial charge in [-0.3, -0.25) is 53.6 Å². The number of guanidine groups is 1. The van der Waals surface area contributed by atoms with Crippen LogP contribution in [0.5, 0.6) is 0 Å². The van der Waals surface area contributed by atoms with Crippen LogP contribution in [0.25, 0.3) is 0 Å². The summed E-state index contributed by atoms with van der Waals surface area (Å²) in [7, 11) is -3.35. The summed E-state index contributed by atoms with van der Waals surface area (Å²) >= 11 is 0. The number of unbranched alkanes of at least 4 members (excludes halogenated alkanes) is 2. The van der Waals surface area contributed by atoms with E-state index in [0.29, 0.717) is 24.8 Å². The van der Waals surface area contributed by atoms with Crippen molar-refractivity contribution in [2.24, 2.45) is 27.5 Å². The number of carboxylic acids is 2. The van der Waals surface area contributed by atoms with E-state index in [1.54, 1.807) is 19.9 Å². The van der Waals surface area contributed by atoms with E-state index < -0.39 is 105 Å². The van der Waals surface area contributed by atoms with Gasteiger partial charge >= 0.3 is 5.97 Å². The lowest BCUT2D eigenvalue weighted by atomic mass is 9.99. The van der Waals surface area contributed by atoms with Crippen LogP contribution < -0.4 is 54.9 Å². The molecule has 17 N–H and O–H groups in total. The van der Waals surface area contributed by atoms with Gasteiger partial charge < -0.3 is 69.2 Å². The third-order valence-electron chi connectivity index (χ3n) is 10.7. The fourth-order valence-corrected chi connectivity index (χ4v) is 7.68. The van der Waals surface area contributed by atoms with E-state index in [0.717, 1.165) is 18.0 Å². The standard InChI is InChI=1S/C45H59N13O12S.C2H4O2.H3N/c1-26(2)39-44(67)58(3)33(11-9-17-49-45(46)47)43(66)52-25-37(60)55-32(21-38(61)62)42(65)51-22-27-18-30(41(64)56-39)20-31(19-27)54-36(59)13-5-4-8-16-48-40(63)29-14-15-35(50-23-29)57-53-24-28-10-6-7-12-34(28)71(68,69)70;1-2(3)4;/h6-7,10,12,14-15,18-20,23-24,26,32-33,39H,4-5,8-9,11,13,16-17,21-22,25H2,1-3H3,(H,48,63)(H,50,57)(H,51,65)(H,52,66)(H,54,59)(H,55,60)(H,56,64)(H,61,62)(H4,46,47,49)(H,68,69,70);1H3,(H,3,4);1H3/b53-24+;;/t32-,33-,39+;;/m0../s1. The van der Waals surface area contributed by atoms with Gasteiger partial charge in [-0.2, -0.15) is 5.10 Å². The number of likely N-dealkylation sites (N-methyl/N-ethyl adjacent to an activating group) is 1. The quantitative estimate of drug-likeness (QED) is 0.0250. The molecule has 4 rings (SSSR count). The number of pyridine rings is 1. The number of aliphatic imine (C=N–C) groups is 1. The number of carboxylic acid groups (broad SMARTS) is 2. The van der Waals surface area contributed by atoms with Crippen LogP contribution >= 0.6 is 0 Å². The van der Waals surface area contributed by atoms with Crippen molar-refractivity contribution in [2.45, 2.75) is 95.3 Å². The molecule has 3 atom stereocenters. The van der Waals surface area contributed by atoms with Gasteiger partial charge in [0.15, 0.2) is 5.96 Å². The molecule has 0 saturated heterocycles. The van der Waals surface area contributed by atoms with Crippen molar-refractivity contribution in [3.63, 3.8) is 0 Å². The summed E-state index contributed by atoms with van der Waals surface area (Å²) in [5, 5.41) is 36.4. The Morgan fingerprint density at radius 1 is 0.934 bits per heavy atom. The Kier molecular flexibility index (Phi) is 26.1. The van der Waals surface area contributed by atoms with Crippen LogP contribution in [0, 0.1) is 5.92 Å². The normalized spacial score (nSPS) is 16.4. The predicted molar refractivity (Wildman–Crippen MR) is 277 cm³/mol. The zero-order valence-electron chi connectivity index (χ0n) is 42.6. The third-order valence-corrected chi connectivity index (χ3v) is 11.6. The summed E-state index contributed by atoms with van der Waals surface area (Å²) < 4.78 is 34.4. The number of quaternary nitrogens is 1. The van der Waals surface area contributed by atoms with Gasteiger partial charge in [-0.25, -0.2) is 13.4 Å². The second kappa shape index (κ2) is 31.2. The zero-order valence-corrected chi connectivity index (χ0v) is 43.4. The number of carbonyl (C=O) groups excluding carboxylic acids is 7. The number of carbonyl (C=O) groups is 9. The number of benzene rings is 2. The van der Waals surface area contributed by atoms with Gasteiger partial charge in [0, 0.05) is 63.0 Å². The fourth-order valence-electron chi connectivity index (χ4n) is 7.02. The summed E-state index contributed by atoms with van der Waals surface area (Å²) in [5.74, 6) is -7.40. The minimum Gasteiger partial charge on any atom is -0.744 e. The van der Waals surface area contributed by atoms with Gasteiger partial charge in [0.05, 0.1) is 29.6 Å². The van der Waals surface area contributed by atoms with Crippen molar-refractivity contribution in [1.82, 2.24) is 42.6 Å². The topological polar surface area (TPSA) is 465 Å². The Labute approximate surface area is 438 Å². The largest absolute Gasteiger partial charge is 0.744 e. The van der Waals surface area contributed by atoms with Crippen LogP contribution in [0.2, 0.25) is 0 Å². The first kappa shape index (κ1) is 63.5. The van der Waals surface area contributed by atoms with Gasteiger partial charge in [0.25, 0.3) is 17.8 Å². The molecule has 1 aliphatic heterocycles. The van der Waals surface area contributed by atoms with Crippen LogP contribution in [-0.4, -0.2) is 143 Å². The van der Waals surface area contributed by atoms with Gasteiger partial charge in [-0.15, -0.1) is 0 Å². The van der Waals surface area contributed by atoms with Crippen LogP contribution in [-0.2, 0) is 50.2 Å². The minimum absolute atomic E-state index is 0. The van der Waals surface area contributed by atoms with Crippen LogP contribution in [0.3, 0.4) is 0 Å². The fraction of sp³-hybridized carbons (Fsp3) is 0.404. The Balaban J connectivity index is 0.00000381. The lowest BCUT2D eigenvalue weighted by Gasteiger charge is -2.32. The Bertz CT molecular complexity index is 2710. The molecule has 414 valence electrons. The average Bonchev–Trinajstić information content (AvgIpc) is 3.33.